The van der Waals surface area contributed by atoms with Gasteiger partial charge >= 0.3 is 5.97 Å². The van der Waals surface area contributed by atoms with Crippen LogP contribution in [0, 0.1) is 5.41 Å². The van der Waals surface area contributed by atoms with Crippen LogP contribution >= 0.6 is 0 Å². The first kappa shape index (κ1) is 26.5. The minimum Gasteiger partial charge on any atom is -0.465 e. The summed E-state index contributed by atoms with van der Waals surface area (Å²) in [5, 5.41) is 5.06. The van der Waals surface area contributed by atoms with Crippen molar-refractivity contribution in [2.45, 2.75) is 38.5 Å². The van der Waals surface area contributed by atoms with Crippen molar-refractivity contribution in [3.8, 4) is 11.1 Å². The number of hydrogen-bond donors (Lipinski definition) is 1. The van der Waals surface area contributed by atoms with Gasteiger partial charge in [0.1, 0.15) is 0 Å². The molecule has 0 aliphatic heterocycles. The van der Waals surface area contributed by atoms with E-state index >= 15 is 0 Å². The Balaban J connectivity index is 1.39. The number of fused-ring (bicyclic) bond motifs is 1. The number of amides is 1. The number of esters is 1. The lowest BCUT2D eigenvalue weighted by Crippen LogP contribution is -2.40. The third-order valence-electron chi connectivity index (χ3n) is 8.06. The molecule has 0 radical (unpaired) electrons. The van der Waals surface area contributed by atoms with Crippen molar-refractivity contribution in [2.75, 3.05) is 31.4 Å². The van der Waals surface area contributed by atoms with Gasteiger partial charge in [0.15, 0.2) is 0 Å². The molecule has 5 nitrogen and oxygen atoms in total. The molecule has 39 heavy (non-hydrogen) atoms. The van der Waals surface area contributed by atoms with E-state index in [9.17, 15) is 9.59 Å². The lowest BCUT2D eigenvalue weighted by atomic mass is 9.69. The molecular weight excluding hydrogens is 484 g/mol. The van der Waals surface area contributed by atoms with Crippen molar-refractivity contribution >= 4 is 34.0 Å². The molecule has 0 atom stereocenters. The van der Waals surface area contributed by atoms with Crippen LogP contribution in [-0.2, 0) is 16.0 Å². The van der Waals surface area contributed by atoms with Gasteiger partial charge in [-0.05, 0) is 71.7 Å². The normalized spacial score (nSPS) is 14.5. The Morgan fingerprint density at radius 2 is 1.51 bits per heavy atom. The molecule has 0 unspecified atom stereocenters. The lowest BCUT2D eigenvalue weighted by Gasteiger charge is -2.36. The third-order valence-corrected chi connectivity index (χ3v) is 8.06. The van der Waals surface area contributed by atoms with Gasteiger partial charge in [0.25, 0.3) is 0 Å². The molecule has 1 fully saturated rings. The number of carbonyl (C=O) groups excluding carboxylic acids is 2. The molecule has 1 amide bonds. The van der Waals surface area contributed by atoms with Crippen LogP contribution in [-0.4, -0.2) is 33.1 Å². The van der Waals surface area contributed by atoms with Gasteiger partial charge in [0, 0.05) is 30.9 Å². The predicted octanol–water partition coefficient (Wildman–Crippen LogP) is 7.49. The Hall–Kier alpha value is -4.12. The topological polar surface area (TPSA) is 58.6 Å². The smallest absolute Gasteiger partial charge is 0.337 e. The monoisotopic (exact) mass is 520 g/mol. The molecule has 0 heterocycles. The number of nitrogens with zero attached hydrogens (tertiary/aromatic N) is 1. The van der Waals surface area contributed by atoms with Gasteiger partial charge in [0.05, 0.1) is 18.1 Å². The number of benzene rings is 4. The van der Waals surface area contributed by atoms with E-state index in [1.807, 2.05) is 38.4 Å². The Labute approximate surface area is 230 Å². The molecule has 4 aromatic rings. The van der Waals surface area contributed by atoms with Gasteiger partial charge in [-0.2, -0.15) is 0 Å². The van der Waals surface area contributed by atoms with Crippen LogP contribution < -0.4 is 10.2 Å². The number of nitrogens with one attached hydrogen (secondary N) is 1. The van der Waals surface area contributed by atoms with Crippen LogP contribution in [0.3, 0.4) is 0 Å². The summed E-state index contributed by atoms with van der Waals surface area (Å²) in [5.41, 5.74) is 5.43. The first-order chi connectivity index (χ1) is 18.9. The molecule has 1 N–H and O–H groups in total. The van der Waals surface area contributed by atoms with E-state index in [-0.39, 0.29) is 11.9 Å². The van der Waals surface area contributed by atoms with Crippen LogP contribution in [0.5, 0.6) is 0 Å². The average Bonchev–Trinajstić information content (AvgIpc) is 2.97. The minimum atomic E-state index is -0.463. The highest BCUT2D eigenvalue weighted by molar-refractivity contribution is 6.06. The van der Waals surface area contributed by atoms with Crippen molar-refractivity contribution in [3.63, 3.8) is 0 Å². The van der Waals surface area contributed by atoms with Crippen molar-refractivity contribution < 1.29 is 14.3 Å². The molecule has 0 spiro atoms. The van der Waals surface area contributed by atoms with Crippen LogP contribution in [0.1, 0.15) is 48.0 Å². The number of ether oxygens (including phenoxy) is 1. The molecule has 0 aromatic heterocycles. The second kappa shape index (κ2) is 11.3. The number of anilines is 2. The molecule has 1 aliphatic rings. The van der Waals surface area contributed by atoms with E-state index < -0.39 is 5.41 Å². The van der Waals surface area contributed by atoms with Crippen LogP contribution in [0.25, 0.3) is 21.9 Å². The molecule has 1 aliphatic carbocycles. The van der Waals surface area contributed by atoms with Gasteiger partial charge < -0.3 is 15.0 Å². The van der Waals surface area contributed by atoms with E-state index in [4.69, 9.17) is 4.74 Å². The number of rotatable bonds is 7. The number of hydrogen-bond acceptors (Lipinski definition) is 4. The van der Waals surface area contributed by atoms with E-state index in [2.05, 4.69) is 58.7 Å². The second-order valence-electron chi connectivity index (χ2n) is 10.8. The van der Waals surface area contributed by atoms with Gasteiger partial charge in [-0.3, -0.25) is 4.79 Å². The van der Waals surface area contributed by atoms with Crippen molar-refractivity contribution in [1.82, 2.24) is 0 Å². The highest BCUT2D eigenvalue weighted by atomic mass is 16.5. The third kappa shape index (κ3) is 5.68. The average molecular weight is 521 g/mol. The van der Waals surface area contributed by atoms with E-state index in [1.54, 1.807) is 12.1 Å². The first-order valence-corrected chi connectivity index (χ1v) is 13.7. The summed E-state index contributed by atoms with van der Waals surface area (Å²) in [7, 11) is 5.46. The summed E-state index contributed by atoms with van der Waals surface area (Å²) in [6.45, 7) is 0. The highest BCUT2D eigenvalue weighted by Crippen LogP contribution is 2.41. The van der Waals surface area contributed by atoms with E-state index in [0.717, 1.165) is 48.6 Å². The quantitative estimate of drug-likeness (QED) is 0.257. The molecule has 5 rings (SSSR count). The summed E-state index contributed by atoms with van der Waals surface area (Å²) in [5.74, 6) is -0.333. The largest absolute Gasteiger partial charge is 0.465 e. The SMILES string of the molecule is COC(=O)c1ccc2cccc(NC(=O)C3(Cc4ccc(-c5ccc(N(C)C)cc5)cc4)CCCCC3)c2c1. The molecular formula is C34H36N2O3. The molecule has 5 heteroatoms. The van der Waals surface area contributed by atoms with Crippen LogP contribution in [0.2, 0.25) is 0 Å². The predicted molar refractivity (Wildman–Crippen MR) is 159 cm³/mol. The Morgan fingerprint density at radius 1 is 0.846 bits per heavy atom. The Morgan fingerprint density at radius 3 is 2.15 bits per heavy atom. The maximum Gasteiger partial charge on any atom is 0.337 e. The fourth-order valence-corrected chi connectivity index (χ4v) is 5.75. The molecule has 0 bridgehead atoms. The highest BCUT2D eigenvalue weighted by Gasteiger charge is 2.39. The first-order valence-electron chi connectivity index (χ1n) is 13.7. The van der Waals surface area contributed by atoms with Crippen LogP contribution in [0.15, 0.2) is 84.9 Å². The minimum absolute atomic E-state index is 0.0570. The van der Waals surface area contributed by atoms with Crippen molar-refractivity contribution in [3.05, 3.63) is 96.1 Å². The maximum absolute atomic E-state index is 14.0. The Kier molecular flexibility index (Phi) is 7.69. The molecule has 200 valence electrons. The summed E-state index contributed by atoms with van der Waals surface area (Å²) in [6.07, 6.45) is 5.69. The van der Waals surface area contributed by atoms with Crippen molar-refractivity contribution in [2.24, 2.45) is 5.41 Å². The number of carbonyl (C=O) groups is 2. The van der Waals surface area contributed by atoms with Crippen molar-refractivity contribution in [1.29, 1.82) is 0 Å². The fourth-order valence-electron chi connectivity index (χ4n) is 5.75. The molecule has 1 saturated carbocycles. The van der Waals surface area contributed by atoms with E-state index in [0.29, 0.717) is 12.0 Å². The van der Waals surface area contributed by atoms with Gasteiger partial charge in [-0.1, -0.05) is 73.9 Å². The zero-order valence-electron chi connectivity index (χ0n) is 23.0. The summed E-state index contributed by atoms with van der Waals surface area (Å²) < 4.78 is 4.91. The van der Waals surface area contributed by atoms with Gasteiger partial charge in [-0.25, -0.2) is 4.79 Å². The van der Waals surface area contributed by atoms with Gasteiger partial charge in [0.2, 0.25) is 5.91 Å². The summed E-state index contributed by atoms with van der Waals surface area (Å²) >= 11 is 0. The standard InChI is InChI=1S/C34H36N2O3/c1-36(2)29-18-16-26(17-19-29)25-12-10-24(11-13-25)23-34(20-5-4-6-21-34)33(38)35-31-9-7-8-27-14-15-28(22-30(27)31)32(37)39-3/h7-19,22H,4-6,20-21,23H2,1-3H3,(H,35,38). The molecule has 0 saturated heterocycles. The lowest BCUT2D eigenvalue weighted by molar-refractivity contribution is -0.127. The maximum atomic E-state index is 14.0. The van der Waals surface area contributed by atoms with Gasteiger partial charge in [-0.15, -0.1) is 0 Å². The summed E-state index contributed by atoms with van der Waals surface area (Å²) in [4.78, 5) is 28.2. The summed E-state index contributed by atoms with van der Waals surface area (Å²) in [6, 6.07) is 28.5. The van der Waals surface area contributed by atoms with E-state index in [1.165, 1.54) is 29.5 Å². The Bertz CT molecular complexity index is 1470. The number of methoxy groups -OCH3 is 1. The molecule has 4 aromatic carbocycles. The second-order valence-corrected chi connectivity index (χ2v) is 10.8. The zero-order chi connectivity index (χ0) is 27.4. The zero-order valence-corrected chi connectivity index (χ0v) is 23.0. The fraction of sp³-hybridized carbons (Fsp3) is 0.294. The van der Waals surface area contributed by atoms with Crippen LogP contribution in [0.4, 0.5) is 11.4 Å².